The molecular formula is C21H36N2. The van der Waals surface area contributed by atoms with E-state index in [0.29, 0.717) is 5.92 Å². The quantitative estimate of drug-likeness (QED) is 0.494. The minimum absolute atomic E-state index is 0.611. The van der Waals surface area contributed by atoms with Gasteiger partial charge in [0.15, 0.2) is 0 Å². The number of unbranched alkanes of at least 4 members (excludes halogenated alkanes) is 4. The van der Waals surface area contributed by atoms with E-state index in [1.54, 1.807) is 0 Å². The van der Waals surface area contributed by atoms with Gasteiger partial charge in [-0.25, -0.2) is 9.97 Å². The van der Waals surface area contributed by atoms with E-state index in [-0.39, 0.29) is 0 Å². The second kappa shape index (κ2) is 10.1. The first-order valence-corrected chi connectivity index (χ1v) is 10.1. The highest BCUT2D eigenvalue weighted by Crippen LogP contribution is 2.36. The smallest absolute Gasteiger partial charge is 0.131 e. The number of hydrogen-bond acceptors (Lipinski definition) is 2. The molecule has 1 aromatic rings. The summed E-state index contributed by atoms with van der Waals surface area (Å²) in [6, 6.07) is 0. The van der Waals surface area contributed by atoms with Crippen LogP contribution in [0.3, 0.4) is 0 Å². The SMILES string of the molecule is CCCCCCCc1cnc([C@H]2CC[C@H](CCC)CC2)nc1C. The first kappa shape index (κ1) is 18.4. The van der Waals surface area contributed by atoms with Crippen molar-refractivity contribution in [3.63, 3.8) is 0 Å². The lowest BCUT2D eigenvalue weighted by Crippen LogP contribution is -2.16. The van der Waals surface area contributed by atoms with Crippen LogP contribution in [0.15, 0.2) is 6.20 Å². The molecule has 0 aromatic carbocycles. The van der Waals surface area contributed by atoms with Crippen LogP contribution in [0.2, 0.25) is 0 Å². The van der Waals surface area contributed by atoms with Crippen molar-refractivity contribution in [2.75, 3.05) is 0 Å². The van der Waals surface area contributed by atoms with Crippen LogP contribution in [0.25, 0.3) is 0 Å². The van der Waals surface area contributed by atoms with Gasteiger partial charge in [0.2, 0.25) is 0 Å². The molecule has 1 fully saturated rings. The maximum atomic E-state index is 4.87. The fourth-order valence-electron chi connectivity index (χ4n) is 3.99. The van der Waals surface area contributed by atoms with Gasteiger partial charge in [0.05, 0.1) is 0 Å². The van der Waals surface area contributed by atoms with E-state index < -0.39 is 0 Å². The van der Waals surface area contributed by atoms with Crippen LogP contribution in [0.4, 0.5) is 0 Å². The Kier molecular flexibility index (Phi) is 8.05. The van der Waals surface area contributed by atoms with Crippen LogP contribution < -0.4 is 0 Å². The summed E-state index contributed by atoms with van der Waals surface area (Å²) in [6.45, 7) is 6.75. The Hall–Kier alpha value is -0.920. The van der Waals surface area contributed by atoms with E-state index in [2.05, 4.69) is 27.0 Å². The molecule has 0 saturated heterocycles. The Morgan fingerprint density at radius 1 is 0.957 bits per heavy atom. The molecule has 130 valence electrons. The molecule has 0 unspecified atom stereocenters. The summed E-state index contributed by atoms with van der Waals surface area (Å²) in [7, 11) is 0. The predicted octanol–water partition coefficient (Wildman–Crippen LogP) is 6.37. The predicted molar refractivity (Wildman–Crippen MR) is 98.8 cm³/mol. The van der Waals surface area contributed by atoms with Crippen LogP contribution in [0.5, 0.6) is 0 Å². The minimum Gasteiger partial charge on any atom is -0.241 e. The topological polar surface area (TPSA) is 25.8 Å². The Morgan fingerprint density at radius 2 is 1.70 bits per heavy atom. The van der Waals surface area contributed by atoms with Crippen LogP contribution in [-0.4, -0.2) is 9.97 Å². The van der Waals surface area contributed by atoms with Crippen LogP contribution >= 0.6 is 0 Å². The molecule has 1 aliphatic rings. The van der Waals surface area contributed by atoms with Crippen molar-refractivity contribution in [2.45, 2.75) is 104 Å². The standard InChI is InChI=1S/C21H36N2/c1-4-6-7-8-9-11-20-16-22-21(23-17(20)3)19-14-12-18(10-5-2)13-15-19/h16,18-19H,4-15H2,1-3H3/t18-,19-. The molecule has 0 amide bonds. The van der Waals surface area contributed by atoms with Crippen molar-refractivity contribution in [1.82, 2.24) is 9.97 Å². The summed E-state index contributed by atoms with van der Waals surface area (Å²) in [6.07, 6.45) is 18.0. The number of hydrogen-bond donors (Lipinski definition) is 0. The third kappa shape index (κ3) is 5.90. The molecule has 1 heterocycles. The van der Waals surface area contributed by atoms with Gasteiger partial charge in [-0.15, -0.1) is 0 Å². The van der Waals surface area contributed by atoms with E-state index in [1.165, 1.54) is 81.9 Å². The number of rotatable bonds is 9. The molecule has 0 spiro atoms. The molecule has 1 saturated carbocycles. The second-order valence-corrected chi connectivity index (χ2v) is 7.51. The van der Waals surface area contributed by atoms with E-state index in [4.69, 9.17) is 9.97 Å². The zero-order chi connectivity index (χ0) is 16.5. The van der Waals surface area contributed by atoms with E-state index in [1.807, 2.05) is 0 Å². The van der Waals surface area contributed by atoms with Gasteiger partial charge >= 0.3 is 0 Å². The first-order chi connectivity index (χ1) is 11.2. The number of nitrogens with zero attached hydrogens (tertiary/aromatic N) is 2. The minimum atomic E-state index is 0.611. The number of aryl methyl sites for hydroxylation is 2. The Balaban J connectivity index is 1.82. The van der Waals surface area contributed by atoms with Gasteiger partial charge in [-0.3, -0.25) is 0 Å². The van der Waals surface area contributed by atoms with Gasteiger partial charge in [0.25, 0.3) is 0 Å². The molecule has 2 nitrogen and oxygen atoms in total. The van der Waals surface area contributed by atoms with Gasteiger partial charge in [0.1, 0.15) is 5.82 Å². The summed E-state index contributed by atoms with van der Waals surface area (Å²) >= 11 is 0. The highest BCUT2D eigenvalue weighted by atomic mass is 14.9. The maximum Gasteiger partial charge on any atom is 0.131 e. The van der Waals surface area contributed by atoms with Crippen LogP contribution in [0, 0.1) is 12.8 Å². The Morgan fingerprint density at radius 3 is 2.35 bits per heavy atom. The van der Waals surface area contributed by atoms with Gasteiger partial charge in [0, 0.05) is 17.8 Å². The molecule has 23 heavy (non-hydrogen) atoms. The van der Waals surface area contributed by atoms with E-state index >= 15 is 0 Å². The monoisotopic (exact) mass is 316 g/mol. The van der Waals surface area contributed by atoms with Crippen molar-refractivity contribution >= 4 is 0 Å². The highest BCUT2D eigenvalue weighted by molar-refractivity contribution is 5.17. The average Bonchev–Trinajstić information content (AvgIpc) is 2.57. The lowest BCUT2D eigenvalue weighted by molar-refractivity contribution is 0.302. The summed E-state index contributed by atoms with van der Waals surface area (Å²) in [5.74, 6) is 2.69. The molecular weight excluding hydrogens is 280 g/mol. The van der Waals surface area contributed by atoms with Gasteiger partial charge in [-0.1, -0.05) is 52.4 Å². The van der Waals surface area contributed by atoms with Crippen molar-refractivity contribution in [2.24, 2.45) is 5.92 Å². The average molecular weight is 317 g/mol. The molecule has 0 radical (unpaired) electrons. The Labute approximate surface area is 143 Å². The van der Waals surface area contributed by atoms with Crippen molar-refractivity contribution < 1.29 is 0 Å². The summed E-state index contributed by atoms with van der Waals surface area (Å²) < 4.78 is 0. The summed E-state index contributed by atoms with van der Waals surface area (Å²) in [5.41, 5.74) is 2.59. The van der Waals surface area contributed by atoms with E-state index in [9.17, 15) is 0 Å². The summed E-state index contributed by atoms with van der Waals surface area (Å²) in [4.78, 5) is 9.61. The van der Waals surface area contributed by atoms with Gasteiger partial charge in [-0.2, -0.15) is 0 Å². The first-order valence-electron chi connectivity index (χ1n) is 10.1. The third-order valence-electron chi connectivity index (χ3n) is 5.56. The summed E-state index contributed by atoms with van der Waals surface area (Å²) in [5, 5.41) is 0. The maximum absolute atomic E-state index is 4.87. The zero-order valence-corrected chi connectivity index (χ0v) is 15.6. The third-order valence-corrected chi connectivity index (χ3v) is 5.56. The highest BCUT2D eigenvalue weighted by Gasteiger charge is 2.23. The number of aromatic nitrogens is 2. The normalized spacial score (nSPS) is 21.5. The molecule has 0 atom stereocenters. The molecule has 1 aromatic heterocycles. The van der Waals surface area contributed by atoms with E-state index in [0.717, 1.165) is 18.2 Å². The van der Waals surface area contributed by atoms with Crippen LogP contribution in [-0.2, 0) is 6.42 Å². The molecule has 1 aliphatic carbocycles. The lowest BCUT2D eigenvalue weighted by Gasteiger charge is -2.27. The Bertz CT molecular complexity index is 447. The second-order valence-electron chi connectivity index (χ2n) is 7.51. The van der Waals surface area contributed by atoms with Crippen molar-refractivity contribution in [3.8, 4) is 0 Å². The molecule has 0 aliphatic heterocycles. The van der Waals surface area contributed by atoms with Crippen molar-refractivity contribution in [3.05, 3.63) is 23.3 Å². The molecule has 0 bridgehead atoms. The molecule has 2 heteroatoms. The largest absolute Gasteiger partial charge is 0.241 e. The fraction of sp³-hybridized carbons (Fsp3) is 0.810. The molecule has 2 rings (SSSR count). The van der Waals surface area contributed by atoms with Crippen molar-refractivity contribution in [1.29, 1.82) is 0 Å². The lowest BCUT2D eigenvalue weighted by atomic mass is 9.79. The van der Waals surface area contributed by atoms with Crippen LogP contribution in [0.1, 0.15) is 107 Å². The fourth-order valence-corrected chi connectivity index (χ4v) is 3.99. The van der Waals surface area contributed by atoms with Gasteiger partial charge in [-0.05, 0) is 56.9 Å². The molecule has 0 N–H and O–H groups in total. The zero-order valence-electron chi connectivity index (χ0n) is 15.6. The van der Waals surface area contributed by atoms with Gasteiger partial charge < -0.3 is 0 Å².